The fourth-order valence-electron chi connectivity index (χ4n) is 3.57. The van der Waals surface area contributed by atoms with Gasteiger partial charge in [0.1, 0.15) is 0 Å². The van der Waals surface area contributed by atoms with Crippen molar-refractivity contribution < 1.29 is 0 Å². The zero-order valence-electron chi connectivity index (χ0n) is 14.0. The Morgan fingerprint density at radius 2 is 1.92 bits per heavy atom. The Hall–Kier alpha value is -2.33. The SMILES string of the molecule is Cn1c([N][C@H]2CCN[C@H](Cc3ccccc3)C2)nc2ccccc21. The third-order valence-corrected chi connectivity index (χ3v) is 4.85. The van der Waals surface area contributed by atoms with Gasteiger partial charge >= 0.3 is 0 Å². The first-order valence-corrected chi connectivity index (χ1v) is 8.69. The molecular weight excluding hydrogens is 296 g/mol. The molecule has 0 spiro atoms. The lowest BCUT2D eigenvalue weighted by Gasteiger charge is -2.30. The number of imidazole rings is 1. The number of hydrogen-bond donors (Lipinski definition) is 1. The van der Waals surface area contributed by atoms with Crippen molar-refractivity contribution in [1.82, 2.24) is 20.2 Å². The number of fused-ring (bicyclic) bond motifs is 1. The first-order valence-electron chi connectivity index (χ1n) is 8.69. The van der Waals surface area contributed by atoms with Crippen LogP contribution in [0.1, 0.15) is 18.4 Å². The minimum atomic E-state index is 0.343. The fraction of sp³-hybridized carbons (Fsp3) is 0.350. The Balaban J connectivity index is 1.45. The second-order valence-electron chi connectivity index (χ2n) is 6.61. The molecule has 1 saturated heterocycles. The highest BCUT2D eigenvalue weighted by atomic mass is 15.2. The summed E-state index contributed by atoms with van der Waals surface area (Å²) in [7, 11) is 2.05. The van der Waals surface area contributed by atoms with Gasteiger partial charge in [0, 0.05) is 13.1 Å². The number of aryl methyl sites for hydroxylation is 1. The van der Waals surface area contributed by atoms with Gasteiger partial charge in [-0.05, 0) is 43.5 Å². The van der Waals surface area contributed by atoms with E-state index in [0.29, 0.717) is 12.1 Å². The standard InChI is InChI=1S/C20H23N4/c1-24-19-10-6-5-9-18(19)23-20(24)22-16-11-12-21-17(14-16)13-15-7-3-2-4-8-15/h2-10,16-17,21H,11-14H2,1H3/t16-,17+/m0/s1. The summed E-state index contributed by atoms with van der Waals surface area (Å²) in [5.41, 5.74) is 3.55. The Kier molecular flexibility index (Phi) is 4.22. The van der Waals surface area contributed by atoms with Crippen LogP contribution in [0.5, 0.6) is 0 Å². The molecule has 24 heavy (non-hydrogen) atoms. The molecule has 4 rings (SSSR count). The number of benzene rings is 2. The number of piperidine rings is 1. The summed E-state index contributed by atoms with van der Waals surface area (Å²) < 4.78 is 2.10. The van der Waals surface area contributed by atoms with Crippen LogP contribution < -0.4 is 10.6 Å². The van der Waals surface area contributed by atoms with E-state index in [1.54, 1.807) is 0 Å². The van der Waals surface area contributed by atoms with E-state index in [9.17, 15) is 0 Å². The third-order valence-electron chi connectivity index (χ3n) is 4.85. The summed E-state index contributed by atoms with van der Waals surface area (Å²) in [4.78, 5) is 4.69. The molecule has 1 radical (unpaired) electrons. The summed E-state index contributed by atoms with van der Waals surface area (Å²) in [6.07, 6.45) is 3.21. The summed E-state index contributed by atoms with van der Waals surface area (Å²) in [6.45, 7) is 1.02. The molecule has 3 aromatic rings. The summed E-state index contributed by atoms with van der Waals surface area (Å²) in [5.74, 6) is 0.849. The van der Waals surface area contributed by atoms with E-state index < -0.39 is 0 Å². The van der Waals surface area contributed by atoms with Gasteiger partial charge in [-0.15, -0.1) is 0 Å². The van der Waals surface area contributed by atoms with Crippen molar-refractivity contribution in [2.24, 2.45) is 7.05 Å². The van der Waals surface area contributed by atoms with Gasteiger partial charge in [0.25, 0.3) is 0 Å². The molecular formula is C20H23N4. The van der Waals surface area contributed by atoms with Gasteiger partial charge in [0.05, 0.1) is 17.1 Å². The largest absolute Gasteiger partial charge is 0.313 e. The van der Waals surface area contributed by atoms with Gasteiger partial charge in [0.15, 0.2) is 0 Å². The van der Waals surface area contributed by atoms with Gasteiger partial charge in [-0.2, -0.15) is 0 Å². The first kappa shape index (κ1) is 15.2. The fourth-order valence-corrected chi connectivity index (χ4v) is 3.57. The van der Waals surface area contributed by atoms with Crippen LogP contribution in [0.3, 0.4) is 0 Å². The van der Waals surface area contributed by atoms with Crippen molar-refractivity contribution in [3.63, 3.8) is 0 Å². The molecule has 2 aromatic carbocycles. The Morgan fingerprint density at radius 1 is 1.12 bits per heavy atom. The number of rotatable bonds is 4. The van der Waals surface area contributed by atoms with Crippen LogP contribution in [-0.2, 0) is 13.5 Å². The Labute approximate surface area is 142 Å². The molecule has 1 fully saturated rings. The molecule has 1 aliphatic rings. The molecule has 4 heteroatoms. The van der Waals surface area contributed by atoms with E-state index >= 15 is 0 Å². The normalized spacial score (nSPS) is 21.0. The van der Waals surface area contributed by atoms with E-state index in [0.717, 1.165) is 42.8 Å². The lowest BCUT2D eigenvalue weighted by Crippen LogP contribution is -2.44. The van der Waals surface area contributed by atoms with Crippen LogP contribution in [0, 0.1) is 0 Å². The average molecular weight is 319 g/mol. The molecule has 0 saturated carbocycles. The van der Waals surface area contributed by atoms with Gasteiger partial charge in [-0.1, -0.05) is 42.5 Å². The molecule has 0 unspecified atom stereocenters. The quantitative estimate of drug-likeness (QED) is 0.803. The van der Waals surface area contributed by atoms with Crippen LogP contribution in [0.25, 0.3) is 11.0 Å². The van der Waals surface area contributed by atoms with Gasteiger partial charge in [-0.3, -0.25) is 0 Å². The van der Waals surface area contributed by atoms with E-state index in [4.69, 9.17) is 10.3 Å². The number of para-hydroxylation sites is 2. The van der Waals surface area contributed by atoms with Gasteiger partial charge in [-0.25, -0.2) is 10.3 Å². The van der Waals surface area contributed by atoms with Crippen molar-refractivity contribution in [3.8, 4) is 0 Å². The smallest absolute Gasteiger partial charge is 0.225 e. The van der Waals surface area contributed by atoms with E-state index in [1.165, 1.54) is 5.56 Å². The van der Waals surface area contributed by atoms with Crippen LogP contribution >= 0.6 is 0 Å². The molecule has 0 aliphatic carbocycles. The second kappa shape index (κ2) is 6.65. The highest BCUT2D eigenvalue weighted by Crippen LogP contribution is 2.22. The predicted octanol–water partition coefficient (Wildman–Crippen LogP) is 3.17. The monoisotopic (exact) mass is 319 g/mol. The lowest BCUT2D eigenvalue weighted by atomic mass is 9.94. The highest BCUT2D eigenvalue weighted by Gasteiger charge is 2.24. The highest BCUT2D eigenvalue weighted by molar-refractivity contribution is 5.77. The Bertz CT molecular complexity index is 809. The molecule has 4 nitrogen and oxygen atoms in total. The molecule has 2 heterocycles. The van der Waals surface area contributed by atoms with Gasteiger partial charge < -0.3 is 9.88 Å². The second-order valence-corrected chi connectivity index (χ2v) is 6.61. The zero-order chi connectivity index (χ0) is 16.4. The predicted molar refractivity (Wildman–Crippen MR) is 97.5 cm³/mol. The number of nitrogens with zero attached hydrogens (tertiary/aromatic N) is 3. The van der Waals surface area contributed by atoms with E-state index in [1.807, 2.05) is 12.1 Å². The molecule has 123 valence electrons. The topological polar surface area (TPSA) is 44.0 Å². The van der Waals surface area contributed by atoms with Crippen molar-refractivity contribution in [2.75, 3.05) is 6.54 Å². The number of nitrogens with one attached hydrogen (secondary N) is 1. The third kappa shape index (κ3) is 3.15. The molecule has 1 aromatic heterocycles. The summed E-state index contributed by atoms with van der Waals surface area (Å²) in [6, 6.07) is 19.8. The molecule has 0 bridgehead atoms. The van der Waals surface area contributed by atoms with Crippen molar-refractivity contribution in [2.45, 2.75) is 31.3 Å². The van der Waals surface area contributed by atoms with E-state index in [2.05, 4.69) is 59.4 Å². The van der Waals surface area contributed by atoms with Crippen LogP contribution in [0.15, 0.2) is 54.6 Å². The van der Waals surface area contributed by atoms with Crippen molar-refractivity contribution >= 4 is 17.0 Å². The average Bonchev–Trinajstić information content (AvgIpc) is 2.92. The number of hydrogen-bond acceptors (Lipinski definition) is 2. The minimum absolute atomic E-state index is 0.343. The Morgan fingerprint density at radius 3 is 2.75 bits per heavy atom. The molecule has 2 atom stereocenters. The maximum Gasteiger partial charge on any atom is 0.225 e. The number of aromatic nitrogens is 2. The maximum absolute atomic E-state index is 4.96. The summed E-state index contributed by atoms with van der Waals surface area (Å²) in [5, 5.41) is 8.60. The first-order chi connectivity index (χ1) is 11.8. The lowest BCUT2D eigenvalue weighted by molar-refractivity contribution is 0.331. The zero-order valence-corrected chi connectivity index (χ0v) is 14.0. The minimum Gasteiger partial charge on any atom is -0.313 e. The van der Waals surface area contributed by atoms with Crippen molar-refractivity contribution in [1.29, 1.82) is 0 Å². The summed E-state index contributed by atoms with van der Waals surface area (Å²) >= 11 is 0. The van der Waals surface area contributed by atoms with Crippen LogP contribution in [0.2, 0.25) is 0 Å². The van der Waals surface area contributed by atoms with Crippen molar-refractivity contribution in [3.05, 3.63) is 60.2 Å². The maximum atomic E-state index is 4.96. The van der Waals surface area contributed by atoms with Crippen LogP contribution in [0.4, 0.5) is 5.95 Å². The van der Waals surface area contributed by atoms with Crippen LogP contribution in [-0.4, -0.2) is 28.2 Å². The van der Waals surface area contributed by atoms with Gasteiger partial charge in [0.2, 0.25) is 5.95 Å². The molecule has 1 N–H and O–H groups in total. The molecule has 0 amide bonds. The van der Waals surface area contributed by atoms with E-state index in [-0.39, 0.29) is 0 Å². The molecule has 1 aliphatic heterocycles.